The highest BCUT2D eigenvalue weighted by molar-refractivity contribution is 6.65. The Kier molecular flexibility index (Phi) is 5.29. The van der Waals surface area contributed by atoms with Gasteiger partial charge in [-0.05, 0) is 11.6 Å². The summed E-state index contributed by atoms with van der Waals surface area (Å²) in [4.78, 5) is 15.3. The van der Waals surface area contributed by atoms with E-state index in [2.05, 4.69) is 4.99 Å². The van der Waals surface area contributed by atoms with Crippen molar-refractivity contribution in [1.29, 1.82) is 0 Å². The fourth-order valence-electron chi connectivity index (χ4n) is 0.283. The molecular formula is C6H7Cl3N2O. The zero-order valence-electron chi connectivity index (χ0n) is 6.51. The molecule has 0 aliphatic heterocycles. The maximum atomic E-state index is 10.1. The van der Waals surface area contributed by atoms with Crippen LogP contribution >= 0.6 is 34.8 Å². The van der Waals surface area contributed by atoms with E-state index in [1.807, 2.05) is 0 Å². The molecule has 0 spiro atoms. The van der Waals surface area contributed by atoms with Crippen LogP contribution in [0.3, 0.4) is 0 Å². The van der Waals surface area contributed by atoms with Crippen LogP contribution < -0.4 is 0 Å². The monoisotopic (exact) mass is 228 g/mol. The first-order valence-corrected chi connectivity index (χ1v) is 4.04. The first kappa shape index (κ1) is 11.8. The van der Waals surface area contributed by atoms with Gasteiger partial charge in [-0.25, -0.2) is 4.99 Å². The fraction of sp³-hybridized carbons (Fsp3) is 0.333. The Bertz CT molecular complexity index is 235. The minimum Gasteiger partial charge on any atom is -0.353 e. The Hall–Kier alpha value is -0.250. The van der Waals surface area contributed by atoms with Crippen LogP contribution in [0.1, 0.15) is 0 Å². The second-order valence-corrected chi connectivity index (χ2v) is 3.14. The zero-order chi connectivity index (χ0) is 9.72. The van der Waals surface area contributed by atoms with Crippen molar-refractivity contribution in [2.24, 2.45) is 4.99 Å². The van der Waals surface area contributed by atoms with Crippen molar-refractivity contribution < 1.29 is 4.79 Å². The van der Waals surface area contributed by atoms with Gasteiger partial charge in [0, 0.05) is 14.1 Å². The number of aldehydes is 1. The lowest BCUT2D eigenvalue weighted by Crippen LogP contribution is -2.15. The summed E-state index contributed by atoms with van der Waals surface area (Å²) >= 11 is 16.4. The van der Waals surface area contributed by atoms with Gasteiger partial charge in [0.1, 0.15) is 5.03 Å². The lowest BCUT2D eigenvalue weighted by Gasteiger charge is -2.07. The van der Waals surface area contributed by atoms with E-state index >= 15 is 0 Å². The molecule has 0 amide bonds. The number of nitrogens with zero attached hydrogens (tertiary/aromatic N) is 2. The van der Waals surface area contributed by atoms with Crippen LogP contribution in [-0.4, -0.2) is 30.6 Å². The van der Waals surface area contributed by atoms with Crippen LogP contribution in [0.2, 0.25) is 0 Å². The highest BCUT2D eigenvalue weighted by Crippen LogP contribution is 2.14. The number of amidine groups is 1. The third kappa shape index (κ3) is 3.95. The lowest BCUT2D eigenvalue weighted by atomic mass is 10.7. The van der Waals surface area contributed by atoms with Crippen LogP contribution in [0.4, 0.5) is 0 Å². The number of halogens is 3. The predicted molar refractivity (Wildman–Crippen MR) is 51.8 cm³/mol. The third-order valence-electron chi connectivity index (χ3n) is 0.860. The molecule has 6 heteroatoms. The smallest absolute Gasteiger partial charge is 0.199 e. The minimum atomic E-state index is -0.170. The number of rotatable bonds is 2. The Morgan fingerprint density at radius 2 is 1.83 bits per heavy atom. The molecule has 0 aromatic rings. The van der Waals surface area contributed by atoms with Gasteiger partial charge in [-0.15, -0.1) is 0 Å². The van der Waals surface area contributed by atoms with E-state index in [-0.39, 0.29) is 15.5 Å². The summed E-state index contributed by atoms with van der Waals surface area (Å²) in [5.41, 5.74) is 0. The second-order valence-electron chi connectivity index (χ2n) is 2.03. The molecule has 0 fully saturated rings. The van der Waals surface area contributed by atoms with Crippen LogP contribution in [-0.2, 0) is 4.79 Å². The van der Waals surface area contributed by atoms with Gasteiger partial charge in [0.05, 0.1) is 0 Å². The maximum Gasteiger partial charge on any atom is 0.199 e. The molecule has 0 aliphatic rings. The molecule has 0 saturated heterocycles. The number of hydrogen-bond donors (Lipinski definition) is 0. The summed E-state index contributed by atoms with van der Waals surface area (Å²) in [7, 11) is 3.37. The summed E-state index contributed by atoms with van der Waals surface area (Å²) in [6.07, 6.45) is 0.396. The summed E-state index contributed by atoms with van der Waals surface area (Å²) in [5.74, 6) is 0. The van der Waals surface area contributed by atoms with Gasteiger partial charge in [0.15, 0.2) is 16.7 Å². The van der Waals surface area contributed by atoms with E-state index < -0.39 is 0 Å². The molecule has 0 unspecified atom stereocenters. The van der Waals surface area contributed by atoms with Crippen LogP contribution in [0.15, 0.2) is 15.2 Å². The van der Waals surface area contributed by atoms with E-state index in [0.717, 1.165) is 0 Å². The van der Waals surface area contributed by atoms with Gasteiger partial charge in [-0.2, -0.15) is 0 Å². The molecule has 12 heavy (non-hydrogen) atoms. The molecule has 0 aromatic heterocycles. The number of carbonyl (C=O) groups is 1. The zero-order valence-corrected chi connectivity index (χ0v) is 8.78. The van der Waals surface area contributed by atoms with E-state index in [0.29, 0.717) is 6.29 Å². The van der Waals surface area contributed by atoms with Crippen molar-refractivity contribution in [2.45, 2.75) is 0 Å². The van der Waals surface area contributed by atoms with E-state index in [1.54, 1.807) is 14.1 Å². The molecule has 0 saturated carbocycles. The van der Waals surface area contributed by atoms with Gasteiger partial charge in [0.25, 0.3) is 0 Å². The highest BCUT2D eigenvalue weighted by Gasteiger charge is 2.01. The van der Waals surface area contributed by atoms with E-state index in [9.17, 15) is 4.79 Å². The number of aliphatic imine (C=N–C) groups is 1. The first-order valence-electron chi connectivity index (χ1n) is 2.91. The summed E-state index contributed by atoms with van der Waals surface area (Å²) in [5, 5.41) is -0.137. The van der Waals surface area contributed by atoms with Gasteiger partial charge >= 0.3 is 0 Å². The molecule has 0 aromatic carbocycles. The molecule has 0 bridgehead atoms. The molecule has 0 aliphatic carbocycles. The molecule has 0 radical (unpaired) electrons. The number of allylic oxidation sites excluding steroid dienone is 1. The average Bonchev–Trinajstić information content (AvgIpc) is 2.02. The fourth-order valence-corrected chi connectivity index (χ4v) is 0.578. The second kappa shape index (κ2) is 5.41. The predicted octanol–water partition coefficient (Wildman–Crippen LogP) is 1.99. The minimum absolute atomic E-state index is 0.120. The van der Waals surface area contributed by atoms with Crippen molar-refractivity contribution in [3.05, 3.63) is 10.2 Å². The molecule has 0 N–H and O–H groups in total. The molecule has 68 valence electrons. The van der Waals surface area contributed by atoms with Crippen molar-refractivity contribution in [1.82, 2.24) is 4.90 Å². The number of hydrogen-bond acceptors (Lipinski definition) is 2. The molecule has 0 heterocycles. The molecule has 0 rings (SSSR count). The lowest BCUT2D eigenvalue weighted by molar-refractivity contribution is -0.104. The van der Waals surface area contributed by atoms with Crippen molar-refractivity contribution >= 4 is 46.4 Å². The van der Waals surface area contributed by atoms with Crippen molar-refractivity contribution in [3.8, 4) is 0 Å². The SMILES string of the molecule is CN(C)C(Cl)=N/C(Cl)=C(/Cl)C=O. The summed E-state index contributed by atoms with van der Waals surface area (Å²) in [6, 6.07) is 0. The Labute approximate surface area is 85.6 Å². The van der Waals surface area contributed by atoms with Gasteiger partial charge in [-0.3, -0.25) is 4.79 Å². The van der Waals surface area contributed by atoms with E-state index in [4.69, 9.17) is 34.8 Å². The Morgan fingerprint density at radius 3 is 2.17 bits per heavy atom. The van der Waals surface area contributed by atoms with Gasteiger partial charge < -0.3 is 4.90 Å². The summed E-state index contributed by atoms with van der Waals surface area (Å²) < 4.78 is 0. The van der Waals surface area contributed by atoms with E-state index in [1.165, 1.54) is 4.90 Å². The van der Waals surface area contributed by atoms with Gasteiger partial charge in [-0.1, -0.05) is 23.2 Å². The first-order chi connectivity index (χ1) is 5.49. The summed E-state index contributed by atoms with van der Waals surface area (Å²) in [6.45, 7) is 0. The van der Waals surface area contributed by atoms with Crippen molar-refractivity contribution in [2.75, 3.05) is 14.1 Å². The third-order valence-corrected chi connectivity index (χ3v) is 1.94. The Balaban J connectivity index is 4.64. The van der Waals surface area contributed by atoms with Crippen LogP contribution in [0, 0.1) is 0 Å². The topological polar surface area (TPSA) is 32.7 Å². The largest absolute Gasteiger partial charge is 0.353 e. The maximum absolute atomic E-state index is 10.1. The molecular weight excluding hydrogens is 222 g/mol. The Morgan fingerprint density at radius 1 is 1.33 bits per heavy atom. The average molecular weight is 229 g/mol. The molecule has 3 nitrogen and oxygen atoms in total. The standard InChI is InChI=1S/C6H7Cl3N2O/c1-11(2)6(9)10-5(8)4(7)3-12/h3H,1-2H3/b5-4+,10-6?. The normalized spacial score (nSPS) is 13.9. The van der Waals surface area contributed by atoms with Crippen molar-refractivity contribution in [3.63, 3.8) is 0 Å². The van der Waals surface area contributed by atoms with Crippen LogP contribution in [0.5, 0.6) is 0 Å². The van der Waals surface area contributed by atoms with Crippen LogP contribution in [0.25, 0.3) is 0 Å². The molecule has 0 atom stereocenters. The highest BCUT2D eigenvalue weighted by atomic mass is 35.5. The quantitative estimate of drug-likeness (QED) is 0.238. The number of carbonyl (C=O) groups excluding carboxylic acids is 1. The van der Waals surface area contributed by atoms with Gasteiger partial charge in [0.2, 0.25) is 0 Å².